The molecule has 0 aliphatic carbocycles. The van der Waals surface area contributed by atoms with Crippen LogP contribution in [0.2, 0.25) is 0 Å². The second kappa shape index (κ2) is 7.17. The summed E-state index contributed by atoms with van der Waals surface area (Å²) in [5, 5.41) is 3.69. The number of amides is 1. The van der Waals surface area contributed by atoms with E-state index in [1.807, 2.05) is 25.1 Å². The first-order valence-electron chi connectivity index (χ1n) is 7.85. The van der Waals surface area contributed by atoms with Crippen LogP contribution < -0.4 is 10.1 Å². The van der Waals surface area contributed by atoms with Gasteiger partial charge in [-0.1, -0.05) is 18.2 Å². The van der Waals surface area contributed by atoms with Crippen molar-refractivity contribution >= 4 is 16.8 Å². The monoisotopic (exact) mass is 326 g/mol. The summed E-state index contributed by atoms with van der Waals surface area (Å²) >= 11 is 0. The van der Waals surface area contributed by atoms with Crippen molar-refractivity contribution in [3.8, 4) is 5.75 Å². The molecule has 0 spiro atoms. The van der Waals surface area contributed by atoms with E-state index < -0.39 is 0 Å². The third-order valence-electron chi connectivity index (χ3n) is 3.89. The van der Waals surface area contributed by atoms with Crippen LogP contribution in [0, 0.1) is 12.7 Å². The maximum Gasteiger partial charge on any atom is 0.257 e. The van der Waals surface area contributed by atoms with E-state index >= 15 is 0 Å². The normalized spacial score (nSPS) is 10.8. The summed E-state index contributed by atoms with van der Waals surface area (Å²) in [7, 11) is 0. The number of hydrogen-bond acceptors (Lipinski definition) is 2. The van der Waals surface area contributed by atoms with Crippen molar-refractivity contribution in [2.24, 2.45) is 0 Å². The third-order valence-corrected chi connectivity index (χ3v) is 3.89. The van der Waals surface area contributed by atoms with Crippen molar-refractivity contribution in [1.29, 1.82) is 0 Å². The summed E-state index contributed by atoms with van der Waals surface area (Å²) in [5.74, 6) is 0.223. The van der Waals surface area contributed by atoms with Crippen LogP contribution in [-0.2, 0) is 11.2 Å². The first kappa shape index (κ1) is 16.1. The Labute approximate surface area is 139 Å². The molecule has 1 aromatic heterocycles. The van der Waals surface area contributed by atoms with E-state index in [0.29, 0.717) is 18.7 Å². The van der Waals surface area contributed by atoms with Gasteiger partial charge in [-0.3, -0.25) is 4.79 Å². The van der Waals surface area contributed by atoms with Crippen LogP contribution in [0.3, 0.4) is 0 Å². The number of ether oxygens (including phenoxy) is 1. The number of carbonyl (C=O) groups excluding carboxylic acids is 1. The van der Waals surface area contributed by atoms with Crippen molar-refractivity contribution in [1.82, 2.24) is 10.3 Å². The quantitative estimate of drug-likeness (QED) is 0.730. The van der Waals surface area contributed by atoms with Crippen LogP contribution in [-0.4, -0.2) is 24.0 Å². The van der Waals surface area contributed by atoms with Gasteiger partial charge in [0.1, 0.15) is 11.6 Å². The van der Waals surface area contributed by atoms with E-state index in [0.717, 1.165) is 22.2 Å². The van der Waals surface area contributed by atoms with E-state index in [2.05, 4.69) is 10.3 Å². The second-order valence-electron chi connectivity index (χ2n) is 5.62. The zero-order valence-electron chi connectivity index (χ0n) is 13.4. The molecule has 24 heavy (non-hydrogen) atoms. The molecular weight excluding hydrogens is 307 g/mol. The molecule has 3 rings (SSSR count). The molecule has 0 aliphatic rings. The van der Waals surface area contributed by atoms with Crippen molar-refractivity contribution in [2.75, 3.05) is 13.2 Å². The largest absolute Gasteiger partial charge is 0.484 e. The summed E-state index contributed by atoms with van der Waals surface area (Å²) in [6, 6.07) is 13.9. The minimum Gasteiger partial charge on any atom is -0.484 e. The minimum absolute atomic E-state index is 0.0223. The number of H-pyrrole nitrogens is 1. The Morgan fingerprint density at radius 2 is 2.00 bits per heavy atom. The lowest BCUT2D eigenvalue weighted by Gasteiger charge is -2.07. The fourth-order valence-electron chi connectivity index (χ4n) is 2.72. The maximum absolute atomic E-state index is 13.4. The average molecular weight is 326 g/mol. The van der Waals surface area contributed by atoms with Gasteiger partial charge in [-0.25, -0.2) is 4.39 Å². The second-order valence-corrected chi connectivity index (χ2v) is 5.62. The summed E-state index contributed by atoms with van der Waals surface area (Å²) in [4.78, 5) is 15.1. The summed E-state index contributed by atoms with van der Waals surface area (Å²) in [5.41, 5.74) is 2.92. The van der Waals surface area contributed by atoms with Crippen molar-refractivity contribution in [3.05, 3.63) is 65.6 Å². The van der Waals surface area contributed by atoms with E-state index in [-0.39, 0.29) is 18.3 Å². The molecule has 0 atom stereocenters. The molecule has 0 aliphatic heterocycles. The lowest BCUT2D eigenvalue weighted by atomic mass is 10.1. The minimum atomic E-state index is -0.261. The smallest absolute Gasteiger partial charge is 0.257 e. The number of halogens is 1. The van der Waals surface area contributed by atoms with Crippen LogP contribution in [0.25, 0.3) is 10.9 Å². The van der Waals surface area contributed by atoms with Crippen LogP contribution in [0.1, 0.15) is 11.3 Å². The number of aryl methyl sites for hydroxylation is 1. The molecule has 0 saturated heterocycles. The lowest BCUT2D eigenvalue weighted by Crippen LogP contribution is -2.30. The Kier molecular flexibility index (Phi) is 4.79. The van der Waals surface area contributed by atoms with Gasteiger partial charge in [-0.2, -0.15) is 0 Å². The molecule has 124 valence electrons. The molecule has 1 heterocycles. The zero-order valence-corrected chi connectivity index (χ0v) is 13.4. The SMILES string of the molecule is Cc1[nH]c2ccc(F)cc2c1CCNC(=O)COc1ccccc1. The van der Waals surface area contributed by atoms with Gasteiger partial charge in [0.2, 0.25) is 0 Å². The number of aromatic nitrogens is 1. The Morgan fingerprint density at radius 1 is 1.21 bits per heavy atom. The predicted octanol–water partition coefficient (Wildman–Crippen LogP) is 3.35. The molecule has 5 heteroatoms. The highest BCUT2D eigenvalue weighted by Crippen LogP contribution is 2.23. The zero-order chi connectivity index (χ0) is 16.9. The fourth-order valence-corrected chi connectivity index (χ4v) is 2.72. The Morgan fingerprint density at radius 3 is 2.79 bits per heavy atom. The fraction of sp³-hybridized carbons (Fsp3) is 0.211. The lowest BCUT2D eigenvalue weighted by molar-refractivity contribution is -0.123. The van der Waals surface area contributed by atoms with Crippen molar-refractivity contribution < 1.29 is 13.9 Å². The van der Waals surface area contributed by atoms with Gasteiger partial charge in [0, 0.05) is 23.1 Å². The Balaban J connectivity index is 1.54. The third kappa shape index (κ3) is 3.74. The molecule has 0 unspecified atom stereocenters. The van der Waals surface area contributed by atoms with Crippen LogP contribution in [0.15, 0.2) is 48.5 Å². The highest BCUT2D eigenvalue weighted by Gasteiger charge is 2.10. The molecule has 0 saturated carbocycles. The highest BCUT2D eigenvalue weighted by molar-refractivity contribution is 5.84. The number of benzene rings is 2. The number of nitrogens with one attached hydrogen (secondary N) is 2. The van der Waals surface area contributed by atoms with E-state index in [1.54, 1.807) is 18.2 Å². The van der Waals surface area contributed by atoms with E-state index in [4.69, 9.17) is 4.74 Å². The molecular formula is C19H19FN2O2. The van der Waals surface area contributed by atoms with E-state index in [1.165, 1.54) is 12.1 Å². The molecule has 0 fully saturated rings. The first-order chi connectivity index (χ1) is 11.6. The molecule has 3 aromatic rings. The maximum atomic E-state index is 13.4. The van der Waals surface area contributed by atoms with Crippen LogP contribution >= 0.6 is 0 Å². The molecule has 0 radical (unpaired) electrons. The Bertz CT molecular complexity index is 843. The van der Waals surface area contributed by atoms with Crippen LogP contribution in [0.5, 0.6) is 5.75 Å². The molecule has 2 aromatic carbocycles. The number of aromatic amines is 1. The van der Waals surface area contributed by atoms with Gasteiger partial charge < -0.3 is 15.0 Å². The summed E-state index contributed by atoms with van der Waals surface area (Å²) < 4.78 is 18.8. The number of hydrogen-bond donors (Lipinski definition) is 2. The number of para-hydroxylation sites is 1. The topological polar surface area (TPSA) is 54.1 Å². The van der Waals surface area contributed by atoms with Gasteiger partial charge in [-0.05, 0) is 49.2 Å². The molecule has 2 N–H and O–H groups in total. The van der Waals surface area contributed by atoms with Crippen molar-refractivity contribution in [3.63, 3.8) is 0 Å². The van der Waals surface area contributed by atoms with Gasteiger partial charge in [0.25, 0.3) is 5.91 Å². The van der Waals surface area contributed by atoms with Gasteiger partial charge in [0.05, 0.1) is 0 Å². The van der Waals surface area contributed by atoms with Gasteiger partial charge >= 0.3 is 0 Å². The number of carbonyl (C=O) groups is 1. The standard InChI is InChI=1S/C19H19FN2O2/c1-13-16(17-11-14(20)7-8-18(17)22-13)9-10-21-19(23)12-24-15-5-3-2-4-6-15/h2-8,11,22H,9-10,12H2,1H3,(H,21,23). The number of rotatable bonds is 6. The highest BCUT2D eigenvalue weighted by atomic mass is 19.1. The van der Waals surface area contributed by atoms with Gasteiger partial charge in [0.15, 0.2) is 6.61 Å². The number of fused-ring (bicyclic) bond motifs is 1. The van der Waals surface area contributed by atoms with Crippen molar-refractivity contribution in [2.45, 2.75) is 13.3 Å². The van der Waals surface area contributed by atoms with Crippen LogP contribution in [0.4, 0.5) is 4.39 Å². The molecule has 0 bridgehead atoms. The van der Waals surface area contributed by atoms with E-state index in [9.17, 15) is 9.18 Å². The molecule has 1 amide bonds. The Hall–Kier alpha value is -2.82. The average Bonchev–Trinajstić information content (AvgIpc) is 2.89. The molecule has 4 nitrogen and oxygen atoms in total. The summed E-state index contributed by atoms with van der Waals surface area (Å²) in [6.45, 7) is 2.40. The predicted molar refractivity (Wildman–Crippen MR) is 91.6 cm³/mol. The first-order valence-corrected chi connectivity index (χ1v) is 7.85. The summed E-state index contributed by atoms with van der Waals surface area (Å²) in [6.07, 6.45) is 0.631. The van der Waals surface area contributed by atoms with Gasteiger partial charge in [-0.15, -0.1) is 0 Å².